The number of hydrogen-bond acceptors (Lipinski definition) is 3. The van der Waals surface area contributed by atoms with Gasteiger partial charge in [-0.05, 0) is 31.0 Å². The van der Waals surface area contributed by atoms with Gasteiger partial charge in [0.15, 0.2) is 0 Å². The van der Waals surface area contributed by atoms with Crippen molar-refractivity contribution in [2.75, 3.05) is 25.9 Å². The molecule has 1 aliphatic rings. The minimum Gasteiger partial charge on any atom is -0.495 e. The molecule has 1 amide bonds. The molecule has 0 spiro atoms. The van der Waals surface area contributed by atoms with Crippen molar-refractivity contribution in [2.45, 2.75) is 19.0 Å². The second kappa shape index (κ2) is 5.83. The Morgan fingerprint density at radius 3 is 2.76 bits per heavy atom. The SMILES string of the molecule is COc1cc(C(=O)N2CCCC(C(F)(F)F)C2)ccc1N. The fourth-order valence-electron chi connectivity index (χ4n) is 2.46. The molecule has 1 aromatic rings. The number of nitrogen functional groups attached to an aromatic ring is 1. The third-order valence-corrected chi connectivity index (χ3v) is 3.65. The molecule has 1 atom stereocenters. The van der Waals surface area contributed by atoms with Crippen LogP contribution >= 0.6 is 0 Å². The number of nitrogens with two attached hydrogens (primary N) is 1. The fourth-order valence-corrected chi connectivity index (χ4v) is 2.46. The molecule has 2 rings (SSSR count). The Morgan fingerprint density at radius 1 is 1.43 bits per heavy atom. The Morgan fingerprint density at radius 2 is 2.14 bits per heavy atom. The summed E-state index contributed by atoms with van der Waals surface area (Å²) in [6.07, 6.45) is -3.85. The third kappa shape index (κ3) is 3.40. The molecule has 1 aliphatic heterocycles. The number of nitrogens with zero attached hydrogens (tertiary/aromatic N) is 1. The van der Waals surface area contributed by atoms with Gasteiger partial charge < -0.3 is 15.4 Å². The second-order valence-corrected chi connectivity index (χ2v) is 5.09. The molecule has 116 valence electrons. The minimum atomic E-state index is -4.27. The molecular weight excluding hydrogens is 285 g/mol. The number of anilines is 1. The number of alkyl halides is 3. The molecule has 7 heteroatoms. The first-order valence-corrected chi connectivity index (χ1v) is 6.62. The molecule has 0 aromatic heterocycles. The summed E-state index contributed by atoms with van der Waals surface area (Å²) in [7, 11) is 1.42. The number of amides is 1. The van der Waals surface area contributed by atoms with Crippen LogP contribution in [-0.2, 0) is 0 Å². The van der Waals surface area contributed by atoms with Gasteiger partial charge in [0.2, 0.25) is 0 Å². The van der Waals surface area contributed by atoms with Crippen molar-refractivity contribution in [3.63, 3.8) is 0 Å². The first kappa shape index (κ1) is 15.5. The van der Waals surface area contributed by atoms with E-state index in [9.17, 15) is 18.0 Å². The van der Waals surface area contributed by atoms with E-state index in [1.807, 2.05) is 0 Å². The summed E-state index contributed by atoms with van der Waals surface area (Å²) in [5.41, 5.74) is 6.32. The lowest BCUT2D eigenvalue weighted by molar-refractivity contribution is -0.184. The van der Waals surface area contributed by atoms with E-state index in [4.69, 9.17) is 10.5 Å². The molecule has 1 unspecified atom stereocenters. The summed E-state index contributed by atoms with van der Waals surface area (Å²) in [6.45, 7) is 0.0349. The summed E-state index contributed by atoms with van der Waals surface area (Å²) in [6, 6.07) is 4.46. The number of benzene rings is 1. The van der Waals surface area contributed by atoms with Crippen molar-refractivity contribution in [3.05, 3.63) is 23.8 Å². The summed E-state index contributed by atoms with van der Waals surface area (Å²) in [4.78, 5) is 13.6. The second-order valence-electron chi connectivity index (χ2n) is 5.09. The number of piperidine rings is 1. The highest BCUT2D eigenvalue weighted by Crippen LogP contribution is 2.33. The van der Waals surface area contributed by atoms with E-state index in [1.165, 1.54) is 30.2 Å². The quantitative estimate of drug-likeness (QED) is 0.855. The number of likely N-dealkylation sites (tertiary alicyclic amines) is 1. The summed E-state index contributed by atoms with van der Waals surface area (Å²) >= 11 is 0. The van der Waals surface area contributed by atoms with Crippen molar-refractivity contribution in [1.29, 1.82) is 0 Å². The maximum Gasteiger partial charge on any atom is 0.393 e. The third-order valence-electron chi connectivity index (χ3n) is 3.65. The van der Waals surface area contributed by atoms with Gasteiger partial charge >= 0.3 is 6.18 Å². The lowest BCUT2D eigenvalue weighted by Crippen LogP contribution is -2.44. The first-order chi connectivity index (χ1) is 9.82. The largest absolute Gasteiger partial charge is 0.495 e. The van der Waals surface area contributed by atoms with Crippen molar-refractivity contribution in [2.24, 2.45) is 5.92 Å². The van der Waals surface area contributed by atoms with Crippen LogP contribution in [0.5, 0.6) is 5.75 Å². The molecule has 1 fully saturated rings. The highest BCUT2D eigenvalue weighted by atomic mass is 19.4. The number of carbonyl (C=O) groups is 1. The van der Waals surface area contributed by atoms with Crippen LogP contribution in [0, 0.1) is 5.92 Å². The van der Waals surface area contributed by atoms with Gasteiger partial charge in [0.25, 0.3) is 5.91 Å². The van der Waals surface area contributed by atoms with Crippen LogP contribution in [0.1, 0.15) is 23.2 Å². The zero-order valence-electron chi connectivity index (χ0n) is 11.6. The number of methoxy groups -OCH3 is 1. The monoisotopic (exact) mass is 302 g/mol. The number of ether oxygens (including phenoxy) is 1. The number of hydrogen-bond donors (Lipinski definition) is 1. The van der Waals surface area contributed by atoms with Gasteiger partial charge in [-0.2, -0.15) is 13.2 Å². The van der Waals surface area contributed by atoms with Gasteiger partial charge in [-0.25, -0.2) is 0 Å². The van der Waals surface area contributed by atoms with E-state index in [2.05, 4.69) is 0 Å². The van der Waals surface area contributed by atoms with E-state index in [0.29, 0.717) is 24.4 Å². The van der Waals surface area contributed by atoms with Crippen molar-refractivity contribution in [1.82, 2.24) is 4.90 Å². The van der Waals surface area contributed by atoms with Gasteiger partial charge in [-0.3, -0.25) is 4.79 Å². The lowest BCUT2D eigenvalue weighted by Gasteiger charge is -2.33. The molecule has 0 saturated carbocycles. The molecule has 1 heterocycles. The Hall–Kier alpha value is -1.92. The molecule has 1 aromatic carbocycles. The minimum absolute atomic E-state index is 0.0678. The molecule has 0 radical (unpaired) electrons. The van der Waals surface area contributed by atoms with Crippen LogP contribution in [0.15, 0.2) is 18.2 Å². The Bertz CT molecular complexity index is 531. The average Bonchev–Trinajstić information content (AvgIpc) is 2.46. The predicted octanol–water partition coefficient (Wildman–Crippen LogP) is 2.69. The van der Waals surface area contributed by atoms with E-state index in [0.717, 1.165) is 0 Å². The lowest BCUT2D eigenvalue weighted by atomic mass is 9.97. The molecule has 0 aliphatic carbocycles. The Balaban J connectivity index is 2.16. The van der Waals surface area contributed by atoms with Crippen molar-refractivity contribution >= 4 is 11.6 Å². The van der Waals surface area contributed by atoms with Crippen LogP contribution < -0.4 is 10.5 Å². The zero-order chi connectivity index (χ0) is 15.6. The maximum absolute atomic E-state index is 12.8. The van der Waals surface area contributed by atoms with Gasteiger partial charge in [-0.1, -0.05) is 0 Å². The Labute approximate surface area is 120 Å². The summed E-state index contributed by atoms with van der Waals surface area (Å²) in [5, 5.41) is 0. The van der Waals surface area contributed by atoms with Crippen molar-refractivity contribution in [3.8, 4) is 5.75 Å². The van der Waals surface area contributed by atoms with Crippen LogP contribution in [0.4, 0.5) is 18.9 Å². The van der Waals surface area contributed by atoms with Gasteiger partial charge in [-0.15, -0.1) is 0 Å². The summed E-state index contributed by atoms with van der Waals surface area (Å²) in [5.74, 6) is -1.54. The van der Waals surface area contributed by atoms with Gasteiger partial charge in [0.05, 0.1) is 18.7 Å². The molecule has 1 saturated heterocycles. The van der Waals surface area contributed by atoms with E-state index in [-0.39, 0.29) is 18.5 Å². The van der Waals surface area contributed by atoms with E-state index < -0.39 is 18.0 Å². The Kier molecular flexibility index (Phi) is 4.29. The average molecular weight is 302 g/mol. The van der Waals surface area contributed by atoms with Crippen LogP contribution in [-0.4, -0.2) is 37.2 Å². The normalized spacial score (nSPS) is 19.4. The number of rotatable bonds is 2. The van der Waals surface area contributed by atoms with Crippen LogP contribution in [0.2, 0.25) is 0 Å². The topological polar surface area (TPSA) is 55.6 Å². The molecule has 4 nitrogen and oxygen atoms in total. The highest BCUT2D eigenvalue weighted by molar-refractivity contribution is 5.95. The van der Waals surface area contributed by atoms with Gasteiger partial charge in [0.1, 0.15) is 5.75 Å². The first-order valence-electron chi connectivity index (χ1n) is 6.62. The predicted molar refractivity (Wildman–Crippen MR) is 72.1 cm³/mol. The van der Waals surface area contributed by atoms with Crippen LogP contribution in [0.25, 0.3) is 0 Å². The summed E-state index contributed by atoms with van der Waals surface area (Å²) < 4.78 is 43.4. The fraction of sp³-hybridized carbons (Fsp3) is 0.500. The smallest absolute Gasteiger partial charge is 0.393 e. The number of halogens is 3. The number of carbonyl (C=O) groups excluding carboxylic acids is 1. The standard InChI is InChI=1S/C14H17F3N2O2/c1-21-12-7-9(4-5-11(12)18)13(20)19-6-2-3-10(8-19)14(15,16)17/h4-5,7,10H,2-3,6,8,18H2,1H3. The van der Waals surface area contributed by atoms with E-state index >= 15 is 0 Å². The van der Waals surface area contributed by atoms with Gasteiger partial charge in [0, 0.05) is 18.7 Å². The molecule has 0 bridgehead atoms. The maximum atomic E-state index is 12.8. The van der Waals surface area contributed by atoms with E-state index in [1.54, 1.807) is 0 Å². The zero-order valence-corrected chi connectivity index (χ0v) is 11.6. The highest BCUT2D eigenvalue weighted by Gasteiger charge is 2.42. The van der Waals surface area contributed by atoms with Crippen molar-refractivity contribution < 1.29 is 22.7 Å². The molecular formula is C14H17F3N2O2. The molecule has 21 heavy (non-hydrogen) atoms. The van der Waals surface area contributed by atoms with Crippen LogP contribution in [0.3, 0.4) is 0 Å². The molecule has 2 N–H and O–H groups in total.